The first kappa shape index (κ1) is 19.5. The highest BCUT2D eigenvalue weighted by molar-refractivity contribution is 5.96. The Hall–Kier alpha value is -3.22. The first-order valence-corrected chi connectivity index (χ1v) is 9.08. The number of aryl methyl sites for hydroxylation is 1. The summed E-state index contributed by atoms with van der Waals surface area (Å²) in [5, 5.41) is 2.75. The van der Waals surface area contributed by atoms with Crippen LogP contribution in [0.15, 0.2) is 42.5 Å². The molecule has 28 heavy (non-hydrogen) atoms. The fraction of sp³-hybridized carbons (Fsp3) is 0.286. The second-order valence-corrected chi connectivity index (χ2v) is 6.53. The molecule has 0 aromatic heterocycles. The van der Waals surface area contributed by atoms with Crippen LogP contribution in [-0.2, 0) is 27.3 Å². The summed E-state index contributed by atoms with van der Waals surface area (Å²) in [6.07, 6.45) is 0.925. The van der Waals surface area contributed by atoms with Gasteiger partial charge >= 0.3 is 5.97 Å². The maximum atomic E-state index is 13.3. The molecule has 0 spiro atoms. The molecule has 0 aliphatic carbocycles. The number of ether oxygens (including phenoxy) is 1. The van der Waals surface area contributed by atoms with Gasteiger partial charge in [0.05, 0.1) is 5.56 Å². The number of benzene rings is 2. The van der Waals surface area contributed by atoms with E-state index in [9.17, 15) is 18.8 Å². The normalized spacial score (nSPS) is 12.7. The van der Waals surface area contributed by atoms with Gasteiger partial charge in [-0.3, -0.25) is 9.59 Å². The van der Waals surface area contributed by atoms with Gasteiger partial charge in [-0.25, -0.2) is 9.18 Å². The van der Waals surface area contributed by atoms with Crippen LogP contribution >= 0.6 is 0 Å². The van der Waals surface area contributed by atoms with Gasteiger partial charge in [-0.2, -0.15) is 0 Å². The van der Waals surface area contributed by atoms with E-state index in [0.29, 0.717) is 36.2 Å². The summed E-state index contributed by atoms with van der Waals surface area (Å²) >= 11 is 0. The highest BCUT2D eigenvalue weighted by Crippen LogP contribution is 2.23. The fourth-order valence-corrected chi connectivity index (χ4v) is 3.04. The first-order chi connectivity index (χ1) is 13.5. The van der Waals surface area contributed by atoms with Crippen LogP contribution in [0.1, 0.15) is 34.8 Å². The standard InChI is InChI=1S/C21H21FN2O4/c1-2-24(12-14-4-3-5-17(22)10-14)20(26)13-28-21(27)16-6-8-18-15(11-16)7-9-19(25)23-18/h3-6,8,10-11H,2,7,9,12-13H2,1H3,(H,23,25). The molecule has 1 heterocycles. The van der Waals surface area contributed by atoms with Crippen molar-refractivity contribution in [3.05, 3.63) is 65.0 Å². The highest BCUT2D eigenvalue weighted by Gasteiger charge is 2.19. The summed E-state index contributed by atoms with van der Waals surface area (Å²) in [4.78, 5) is 37.5. The number of amides is 2. The minimum atomic E-state index is -0.602. The van der Waals surface area contributed by atoms with Crippen molar-refractivity contribution in [1.82, 2.24) is 4.90 Å². The summed E-state index contributed by atoms with van der Waals surface area (Å²) in [5.74, 6) is -1.37. The summed E-state index contributed by atoms with van der Waals surface area (Å²) in [5.41, 5.74) is 2.55. The van der Waals surface area contributed by atoms with Crippen molar-refractivity contribution < 1.29 is 23.5 Å². The lowest BCUT2D eigenvalue weighted by atomic mass is 10.0. The van der Waals surface area contributed by atoms with Gasteiger partial charge in [-0.1, -0.05) is 12.1 Å². The van der Waals surface area contributed by atoms with Crippen molar-refractivity contribution in [3.8, 4) is 0 Å². The number of esters is 1. The van der Waals surface area contributed by atoms with Crippen molar-refractivity contribution in [2.24, 2.45) is 0 Å². The largest absolute Gasteiger partial charge is 0.452 e. The van der Waals surface area contributed by atoms with E-state index in [-0.39, 0.29) is 24.2 Å². The number of nitrogens with one attached hydrogen (secondary N) is 1. The Morgan fingerprint density at radius 1 is 1.18 bits per heavy atom. The Morgan fingerprint density at radius 2 is 2.00 bits per heavy atom. The van der Waals surface area contributed by atoms with Gasteiger partial charge in [-0.15, -0.1) is 0 Å². The first-order valence-electron chi connectivity index (χ1n) is 9.08. The quantitative estimate of drug-likeness (QED) is 0.777. The van der Waals surface area contributed by atoms with Crippen LogP contribution in [0.5, 0.6) is 0 Å². The van der Waals surface area contributed by atoms with Crippen molar-refractivity contribution in [2.45, 2.75) is 26.3 Å². The van der Waals surface area contributed by atoms with Crippen molar-refractivity contribution in [1.29, 1.82) is 0 Å². The van der Waals surface area contributed by atoms with Crippen LogP contribution in [0.2, 0.25) is 0 Å². The Bertz CT molecular complexity index is 913. The summed E-state index contributed by atoms with van der Waals surface area (Å²) < 4.78 is 18.5. The lowest BCUT2D eigenvalue weighted by molar-refractivity contribution is -0.135. The number of nitrogens with zero attached hydrogens (tertiary/aromatic N) is 1. The van der Waals surface area contributed by atoms with Gasteiger partial charge in [0.25, 0.3) is 5.91 Å². The number of carbonyl (C=O) groups is 3. The third kappa shape index (κ3) is 4.73. The van der Waals surface area contributed by atoms with Crippen molar-refractivity contribution >= 4 is 23.5 Å². The summed E-state index contributed by atoms with van der Waals surface area (Å²) in [7, 11) is 0. The van der Waals surface area contributed by atoms with E-state index in [1.165, 1.54) is 17.0 Å². The zero-order valence-corrected chi connectivity index (χ0v) is 15.5. The van der Waals surface area contributed by atoms with Crippen LogP contribution in [0.25, 0.3) is 0 Å². The summed E-state index contributed by atoms with van der Waals surface area (Å²) in [6, 6.07) is 10.9. The second kappa shape index (κ2) is 8.65. The lowest BCUT2D eigenvalue weighted by Gasteiger charge is -2.21. The van der Waals surface area contributed by atoms with E-state index in [0.717, 1.165) is 5.56 Å². The van der Waals surface area contributed by atoms with E-state index >= 15 is 0 Å². The minimum Gasteiger partial charge on any atom is -0.452 e. The molecule has 0 unspecified atom stereocenters. The molecule has 0 fully saturated rings. The van der Waals surface area contributed by atoms with E-state index in [2.05, 4.69) is 5.32 Å². The number of hydrogen-bond donors (Lipinski definition) is 1. The number of fused-ring (bicyclic) bond motifs is 1. The molecule has 2 amide bonds. The molecule has 0 atom stereocenters. The smallest absolute Gasteiger partial charge is 0.338 e. The number of rotatable bonds is 6. The van der Waals surface area contributed by atoms with E-state index in [1.807, 2.05) is 0 Å². The van der Waals surface area contributed by atoms with Crippen molar-refractivity contribution in [3.63, 3.8) is 0 Å². The molecule has 1 N–H and O–H groups in total. The average Bonchev–Trinajstić information content (AvgIpc) is 2.69. The topological polar surface area (TPSA) is 75.7 Å². The van der Waals surface area contributed by atoms with Gasteiger partial charge in [-0.05, 0) is 54.8 Å². The predicted molar refractivity (Wildman–Crippen MR) is 101 cm³/mol. The number of carbonyl (C=O) groups excluding carboxylic acids is 3. The number of anilines is 1. The van der Waals surface area contributed by atoms with Crippen LogP contribution in [0, 0.1) is 5.82 Å². The molecule has 0 bridgehead atoms. The molecule has 2 aromatic rings. The highest BCUT2D eigenvalue weighted by atomic mass is 19.1. The maximum Gasteiger partial charge on any atom is 0.338 e. The fourth-order valence-electron chi connectivity index (χ4n) is 3.04. The molecule has 6 nitrogen and oxygen atoms in total. The van der Waals surface area contributed by atoms with Crippen LogP contribution in [0.3, 0.4) is 0 Å². The third-order valence-corrected chi connectivity index (χ3v) is 4.56. The van der Waals surface area contributed by atoms with Crippen molar-refractivity contribution in [2.75, 3.05) is 18.5 Å². The molecule has 1 aliphatic rings. The lowest BCUT2D eigenvalue weighted by Crippen LogP contribution is -2.34. The van der Waals surface area contributed by atoms with E-state index in [4.69, 9.17) is 4.74 Å². The Kier molecular flexibility index (Phi) is 6.03. The molecule has 0 radical (unpaired) electrons. The number of halogens is 1. The van der Waals surface area contributed by atoms with Gasteiger partial charge in [0, 0.05) is 25.2 Å². The number of likely N-dealkylation sites (N-methyl/N-ethyl adjacent to an activating group) is 1. The molecule has 0 saturated heterocycles. The number of hydrogen-bond acceptors (Lipinski definition) is 4. The average molecular weight is 384 g/mol. The third-order valence-electron chi connectivity index (χ3n) is 4.56. The van der Waals surface area contributed by atoms with E-state index in [1.54, 1.807) is 37.3 Å². The van der Waals surface area contributed by atoms with E-state index < -0.39 is 12.6 Å². The molecular formula is C21H21FN2O4. The van der Waals surface area contributed by atoms with Gasteiger partial charge < -0.3 is 15.0 Å². The van der Waals surface area contributed by atoms with Gasteiger partial charge in [0.2, 0.25) is 5.91 Å². The molecule has 7 heteroatoms. The monoisotopic (exact) mass is 384 g/mol. The predicted octanol–water partition coefficient (Wildman–Crippen LogP) is 2.92. The molecule has 146 valence electrons. The van der Waals surface area contributed by atoms with Crippen LogP contribution in [0.4, 0.5) is 10.1 Å². The SMILES string of the molecule is CCN(Cc1cccc(F)c1)C(=O)COC(=O)c1ccc2c(c1)CCC(=O)N2. The second-order valence-electron chi connectivity index (χ2n) is 6.53. The molecule has 2 aromatic carbocycles. The molecule has 0 saturated carbocycles. The molecule has 3 rings (SSSR count). The molecular weight excluding hydrogens is 363 g/mol. The minimum absolute atomic E-state index is 0.0497. The maximum absolute atomic E-state index is 13.3. The zero-order valence-electron chi connectivity index (χ0n) is 15.5. The van der Waals surface area contributed by atoms with Crippen LogP contribution < -0.4 is 5.32 Å². The van der Waals surface area contributed by atoms with Gasteiger partial charge in [0.1, 0.15) is 5.82 Å². The Balaban J connectivity index is 1.58. The van der Waals surface area contributed by atoms with Crippen LogP contribution in [-0.4, -0.2) is 35.8 Å². The zero-order chi connectivity index (χ0) is 20.1. The molecule has 1 aliphatic heterocycles. The Morgan fingerprint density at radius 3 is 2.75 bits per heavy atom. The van der Waals surface area contributed by atoms with Gasteiger partial charge in [0.15, 0.2) is 6.61 Å². The Labute approximate surface area is 162 Å². The summed E-state index contributed by atoms with van der Waals surface area (Å²) in [6.45, 7) is 2.06.